The van der Waals surface area contributed by atoms with Crippen LogP contribution in [0.25, 0.3) is 0 Å². The lowest BCUT2D eigenvalue weighted by atomic mass is 10.0. The van der Waals surface area contributed by atoms with Gasteiger partial charge < -0.3 is 9.64 Å². The van der Waals surface area contributed by atoms with Crippen molar-refractivity contribution in [1.82, 2.24) is 9.80 Å². The topological polar surface area (TPSA) is 32.8 Å². The smallest absolute Gasteiger partial charge is 0.322 e. The Labute approximate surface area is 174 Å². The molecular formula is C24H30N2O2Si. The first-order valence-electron chi connectivity index (χ1n) is 10.3. The molecule has 0 bridgehead atoms. The first-order valence-corrected chi connectivity index (χ1v) is 13.8. The van der Waals surface area contributed by atoms with Crippen molar-refractivity contribution < 1.29 is 9.53 Å². The van der Waals surface area contributed by atoms with Gasteiger partial charge >= 0.3 is 6.03 Å². The monoisotopic (exact) mass is 406 g/mol. The van der Waals surface area contributed by atoms with E-state index in [0.717, 1.165) is 11.1 Å². The SMILES string of the molecule is C[C@H]1[C@@H](c2ccccc2)N([C@H]2C=C([Si](C)(C)C)[C@H](c3ccccc3)O2)C(=O)N1C. The van der Waals surface area contributed by atoms with Gasteiger partial charge in [0.25, 0.3) is 0 Å². The van der Waals surface area contributed by atoms with Crippen LogP contribution in [0.1, 0.15) is 30.2 Å². The van der Waals surface area contributed by atoms with Crippen molar-refractivity contribution in [3.63, 3.8) is 0 Å². The summed E-state index contributed by atoms with van der Waals surface area (Å²) in [6.07, 6.45) is 1.79. The molecule has 29 heavy (non-hydrogen) atoms. The fraction of sp³-hybridized carbons (Fsp3) is 0.375. The van der Waals surface area contributed by atoms with Crippen molar-refractivity contribution >= 4 is 14.1 Å². The summed E-state index contributed by atoms with van der Waals surface area (Å²) in [5.41, 5.74) is 2.31. The summed E-state index contributed by atoms with van der Waals surface area (Å²) >= 11 is 0. The molecule has 4 rings (SSSR count). The summed E-state index contributed by atoms with van der Waals surface area (Å²) in [6.45, 7) is 9.14. The molecule has 4 atom stereocenters. The minimum absolute atomic E-state index is 0.0243. The van der Waals surface area contributed by atoms with E-state index in [1.165, 1.54) is 5.20 Å². The van der Waals surface area contributed by atoms with Crippen molar-refractivity contribution in [2.24, 2.45) is 0 Å². The van der Waals surface area contributed by atoms with Gasteiger partial charge in [0.2, 0.25) is 0 Å². The van der Waals surface area contributed by atoms with Crippen LogP contribution in [-0.4, -0.2) is 43.2 Å². The van der Waals surface area contributed by atoms with Crippen molar-refractivity contribution in [3.05, 3.63) is 83.1 Å². The Morgan fingerprint density at radius 3 is 2.00 bits per heavy atom. The Hall–Kier alpha value is -2.37. The van der Waals surface area contributed by atoms with Gasteiger partial charge in [-0.3, -0.25) is 4.90 Å². The lowest BCUT2D eigenvalue weighted by molar-refractivity contribution is -0.0302. The van der Waals surface area contributed by atoms with Crippen molar-refractivity contribution in [2.75, 3.05) is 7.05 Å². The van der Waals surface area contributed by atoms with Gasteiger partial charge in [0.15, 0.2) is 6.23 Å². The number of amides is 2. The normalized spacial score (nSPS) is 27.5. The summed E-state index contributed by atoms with van der Waals surface area (Å²) in [5, 5.41) is 1.36. The minimum atomic E-state index is -1.64. The molecular weight excluding hydrogens is 376 g/mol. The molecule has 2 aliphatic rings. The number of hydrogen-bond acceptors (Lipinski definition) is 2. The van der Waals surface area contributed by atoms with Gasteiger partial charge in [-0.15, -0.1) is 0 Å². The molecule has 2 heterocycles. The molecule has 0 saturated carbocycles. The van der Waals surface area contributed by atoms with E-state index >= 15 is 0 Å². The van der Waals surface area contributed by atoms with Gasteiger partial charge in [-0.1, -0.05) is 80.3 Å². The third-order valence-corrected chi connectivity index (χ3v) is 8.31. The Morgan fingerprint density at radius 2 is 1.45 bits per heavy atom. The summed E-state index contributed by atoms with van der Waals surface area (Å²) in [5.74, 6) is 0. The second-order valence-corrected chi connectivity index (χ2v) is 14.2. The molecule has 4 nitrogen and oxygen atoms in total. The van der Waals surface area contributed by atoms with Crippen LogP contribution in [-0.2, 0) is 4.74 Å². The number of benzene rings is 2. The van der Waals surface area contributed by atoms with Gasteiger partial charge in [0, 0.05) is 7.05 Å². The number of nitrogens with zero attached hydrogens (tertiary/aromatic N) is 2. The van der Waals surface area contributed by atoms with E-state index in [2.05, 4.69) is 69.0 Å². The highest BCUT2D eigenvalue weighted by Gasteiger charge is 2.48. The first-order chi connectivity index (χ1) is 13.8. The number of ether oxygens (including phenoxy) is 1. The lowest BCUT2D eigenvalue weighted by Gasteiger charge is -2.30. The third-order valence-electron chi connectivity index (χ3n) is 6.15. The highest BCUT2D eigenvalue weighted by Crippen LogP contribution is 2.44. The molecule has 1 fully saturated rings. The maximum atomic E-state index is 13.2. The van der Waals surface area contributed by atoms with Crippen LogP contribution < -0.4 is 0 Å². The van der Waals surface area contributed by atoms with Crippen molar-refractivity contribution in [2.45, 2.75) is 51.0 Å². The number of likely N-dealkylation sites (N-methyl/N-ethyl adjacent to an activating group) is 1. The van der Waals surface area contributed by atoms with E-state index in [4.69, 9.17) is 4.74 Å². The molecule has 2 aromatic carbocycles. The van der Waals surface area contributed by atoms with E-state index in [1.54, 1.807) is 0 Å². The Balaban J connectivity index is 1.74. The van der Waals surface area contributed by atoms with E-state index in [1.807, 2.05) is 41.1 Å². The van der Waals surface area contributed by atoms with E-state index < -0.39 is 8.07 Å². The molecule has 2 aliphatic heterocycles. The number of carbonyl (C=O) groups excluding carboxylic acids is 1. The number of hydrogen-bond donors (Lipinski definition) is 0. The molecule has 0 aliphatic carbocycles. The maximum Gasteiger partial charge on any atom is 0.322 e. The highest BCUT2D eigenvalue weighted by atomic mass is 28.3. The standard InChI is InChI=1S/C24H30N2O2Si/c1-17-22(18-12-8-6-9-13-18)26(24(27)25(17)2)21-16-20(29(3,4)5)23(28-21)19-14-10-7-11-15-19/h6-17,21-23H,1-5H3/t17-,21+,22-,23-/m0/s1. The summed E-state index contributed by atoms with van der Waals surface area (Å²) in [7, 11) is 0.249. The Bertz CT molecular complexity index is 907. The molecule has 0 radical (unpaired) electrons. The minimum Gasteiger partial charge on any atom is -0.343 e. The second kappa shape index (κ2) is 7.47. The molecule has 0 unspecified atom stereocenters. The van der Waals surface area contributed by atoms with Gasteiger partial charge in [0.05, 0.1) is 20.2 Å². The van der Waals surface area contributed by atoms with Gasteiger partial charge in [-0.2, -0.15) is 0 Å². The molecule has 5 heteroatoms. The van der Waals surface area contributed by atoms with Crippen LogP contribution in [0.5, 0.6) is 0 Å². The van der Waals surface area contributed by atoms with Gasteiger partial charge in [0.1, 0.15) is 6.10 Å². The zero-order valence-electron chi connectivity index (χ0n) is 17.9. The maximum absolute atomic E-state index is 13.2. The van der Waals surface area contributed by atoms with Crippen LogP contribution >= 0.6 is 0 Å². The summed E-state index contributed by atoms with van der Waals surface area (Å²) in [4.78, 5) is 17.0. The van der Waals surface area contributed by atoms with Crippen LogP contribution in [0.15, 0.2) is 71.9 Å². The van der Waals surface area contributed by atoms with Crippen LogP contribution in [0.4, 0.5) is 4.79 Å². The van der Waals surface area contributed by atoms with Gasteiger partial charge in [-0.05, 0) is 29.3 Å². The predicted octanol–water partition coefficient (Wildman–Crippen LogP) is 5.39. The molecule has 0 N–H and O–H groups in total. The van der Waals surface area contributed by atoms with Crippen LogP contribution in [0.2, 0.25) is 19.6 Å². The number of urea groups is 1. The fourth-order valence-corrected chi connectivity index (χ4v) is 6.11. The molecule has 1 saturated heterocycles. The fourth-order valence-electron chi connectivity index (χ4n) is 4.44. The number of carbonyl (C=O) groups is 1. The molecule has 2 aromatic rings. The van der Waals surface area contributed by atoms with Crippen molar-refractivity contribution in [1.29, 1.82) is 0 Å². The average Bonchev–Trinajstić information content (AvgIpc) is 3.25. The summed E-state index contributed by atoms with van der Waals surface area (Å²) < 4.78 is 6.61. The van der Waals surface area contributed by atoms with Crippen molar-refractivity contribution in [3.8, 4) is 0 Å². The van der Waals surface area contributed by atoms with Crippen LogP contribution in [0.3, 0.4) is 0 Å². The molecule has 0 aromatic heterocycles. The molecule has 2 amide bonds. The quantitative estimate of drug-likeness (QED) is 0.638. The van der Waals surface area contributed by atoms with Gasteiger partial charge in [-0.25, -0.2) is 4.79 Å². The lowest BCUT2D eigenvalue weighted by Crippen LogP contribution is -2.39. The molecule has 0 spiro atoms. The van der Waals surface area contributed by atoms with E-state index in [0.29, 0.717) is 0 Å². The zero-order chi connectivity index (χ0) is 20.8. The van der Waals surface area contributed by atoms with E-state index in [-0.39, 0.29) is 30.4 Å². The zero-order valence-corrected chi connectivity index (χ0v) is 18.9. The predicted molar refractivity (Wildman–Crippen MR) is 119 cm³/mol. The third kappa shape index (κ3) is 3.53. The largest absolute Gasteiger partial charge is 0.343 e. The highest BCUT2D eigenvalue weighted by molar-refractivity contribution is 6.83. The average molecular weight is 407 g/mol. The Kier molecular flexibility index (Phi) is 5.13. The number of rotatable bonds is 4. The van der Waals surface area contributed by atoms with E-state index in [9.17, 15) is 4.79 Å². The van der Waals surface area contributed by atoms with Crippen LogP contribution in [0, 0.1) is 0 Å². The Morgan fingerprint density at radius 1 is 0.897 bits per heavy atom. The summed E-state index contributed by atoms with van der Waals surface area (Å²) in [6, 6.07) is 20.7. The molecule has 152 valence electrons. The second-order valence-electron chi connectivity index (χ2n) is 9.09. The first kappa shape index (κ1) is 19.9.